The summed E-state index contributed by atoms with van der Waals surface area (Å²) in [5.74, 6) is -2.82. The number of hydrogen-bond acceptors (Lipinski definition) is 4. The monoisotopic (exact) mass is 346 g/mol. The number of alkyl halides is 2. The lowest BCUT2D eigenvalue weighted by atomic mass is 10.1. The summed E-state index contributed by atoms with van der Waals surface area (Å²) >= 11 is 0. The van der Waals surface area contributed by atoms with E-state index in [1.165, 1.54) is 4.31 Å². The lowest BCUT2D eigenvalue weighted by molar-refractivity contribution is -0.00246. The van der Waals surface area contributed by atoms with Gasteiger partial charge in [0.05, 0.1) is 18.0 Å². The fourth-order valence-corrected chi connectivity index (χ4v) is 5.07. The van der Waals surface area contributed by atoms with Gasteiger partial charge in [0, 0.05) is 31.6 Å². The van der Waals surface area contributed by atoms with Crippen LogP contribution in [0.2, 0.25) is 0 Å². The first-order chi connectivity index (χ1) is 10.7. The van der Waals surface area contributed by atoms with Gasteiger partial charge < -0.3 is 5.11 Å². The van der Waals surface area contributed by atoms with Crippen LogP contribution in [0.3, 0.4) is 0 Å². The maximum absolute atomic E-state index is 13.5. The molecule has 2 aliphatic rings. The Balaban J connectivity index is 1.71. The van der Waals surface area contributed by atoms with Crippen molar-refractivity contribution in [2.24, 2.45) is 0 Å². The van der Waals surface area contributed by atoms with Gasteiger partial charge in [-0.3, -0.25) is 4.90 Å². The minimum atomic E-state index is -3.59. The van der Waals surface area contributed by atoms with Gasteiger partial charge >= 0.3 is 0 Å². The zero-order valence-corrected chi connectivity index (χ0v) is 13.6. The van der Waals surface area contributed by atoms with Crippen molar-refractivity contribution in [2.75, 3.05) is 26.2 Å². The number of aliphatic hydroxyl groups is 1. The molecule has 8 heteroatoms. The Morgan fingerprint density at radius 3 is 2.57 bits per heavy atom. The molecule has 0 bridgehead atoms. The second-order valence-corrected chi connectivity index (χ2v) is 8.22. The van der Waals surface area contributed by atoms with Crippen molar-refractivity contribution >= 4 is 10.0 Å². The van der Waals surface area contributed by atoms with Crippen LogP contribution in [0, 0.1) is 6.92 Å². The Kier molecular flexibility index (Phi) is 4.20. The molecule has 0 saturated carbocycles. The molecule has 0 unspecified atom stereocenters. The van der Waals surface area contributed by atoms with E-state index in [2.05, 4.69) is 0 Å². The van der Waals surface area contributed by atoms with E-state index < -0.39 is 28.5 Å². The zero-order valence-electron chi connectivity index (χ0n) is 12.8. The molecule has 23 heavy (non-hydrogen) atoms. The third-order valence-electron chi connectivity index (χ3n) is 4.64. The van der Waals surface area contributed by atoms with Crippen molar-refractivity contribution in [2.45, 2.75) is 36.2 Å². The first-order valence-corrected chi connectivity index (χ1v) is 8.99. The fraction of sp³-hybridized carbons (Fsp3) is 0.600. The molecule has 3 rings (SSSR count). The largest absolute Gasteiger partial charge is 0.395 e. The van der Waals surface area contributed by atoms with Crippen LogP contribution in [-0.2, 0) is 10.0 Å². The van der Waals surface area contributed by atoms with Gasteiger partial charge in [-0.2, -0.15) is 4.31 Å². The van der Waals surface area contributed by atoms with Gasteiger partial charge in [0.25, 0.3) is 5.92 Å². The Labute approximate surface area is 134 Å². The number of aliphatic hydroxyl groups excluding tert-OH is 1. The average Bonchev–Trinajstić information content (AvgIpc) is 2.72. The van der Waals surface area contributed by atoms with E-state index >= 15 is 0 Å². The molecule has 2 saturated heterocycles. The molecule has 0 aromatic heterocycles. The van der Waals surface area contributed by atoms with Crippen molar-refractivity contribution < 1.29 is 22.3 Å². The van der Waals surface area contributed by atoms with Gasteiger partial charge in [0.15, 0.2) is 0 Å². The highest BCUT2D eigenvalue weighted by molar-refractivity contribution is 7.89. The van der Waals surface area contributed by atoms with Gasteiger partial charge in [-0.05, 0) is 18.6 Å². The predicted molar refractivity (Wildman–Crippen MR) is 80.9 cm³/mol. The lowest BCUT2D eigenvalue weighted by Gasteiger charge is -2.44. The Hall–Kier alpha value is -1.09. The summed E-state index contributed by atoms with van der Waals surface area (Å²) in [7, 11) is -3.59. The summed E-state index contributed by atoms with van der Waals surface area (Å²) in [6.45, 7) is 1.34. The number of likely N-dealkylation sites (tertiary alicyclic amines) is 1. The Morgan fingerprint density at radius 2 is 1.96 bits per heavy atom. The van der Waals surface area contributed by atoms with E-state index in [0.29, 0.717) is 5.56 Å². The van der Waals surface area contributed by atoms with Crippen LogP contribution in [0.15, 0.2) is 29.2 Å². The molecule has 0 radical (unpaired) electrons. The van der Waals surface area contributed by atoms with Crippen molar-refractivity contribution in [1.29, 1.82) is 0 Å². The van der Waals surface area contributed by atoms with E-state index in [1.54, 1.807) is 36.1 Å². The Morgan fingerprint density at radius 1 is 1.30 bits per heavy atom. The van der Waals surface area contributed by atoms with Gasteiger partial charge in [-0.15, -0.1) is 0 Å². The highest BCUT2D eigenvalue weighted by Gasteiger charge is 2.51. The number of benzene rings is 1. The second kappa shape index (κ2) is 5.77. The zero-order chi connectivity index (χ0) is 16.8. The molecular formula is C15H20F2N2O3S. The third kappa shape index (κ3) is 3.00. The molecule has 1 atom stereocenters. The molecule has 0 spiro atoms. The molecule has 0 amide bonds. The predicted octanol–water partition coefficient (Wildman–Crippen LogP) is 1.07. The minimum Gasteiger partial charge on any atom is -0.395 e. The number of rotatable bonds is 4. The van der Waals surface area contributed by atoms with Gasteiger partial charge in [0.1, 0.15) is 0 Å². The number of nitrogens with zero attached hydrogens (tertiary/aromatic N) is 2. The third-order valence-corrected chi connectivity index (χ3v) is 6.63. The maximum atomic E-state index is 13.5. The number of halogens is 2. The van der Waals surface area contributed by atoms with Crippen molar-refractivity contribution in [3.05, 3.63) is 29.8 Å². The lowest BCUT2D eigenvalue weighted by Crippen LogP contribution is -2.62. The minimum absolute atomic E-state index is 0.184. The van der Waals surface area contributed by atoms with Gasteiger partial charge in [-0.25, -0.2) is 17.2 Å². The molecular weight excluding hydrogens is 326 g/mol. The van der Waals surface area contributed by atoms with Crippen molar-refractivity contribution in [3.63, 3.8) is 0 Å². The van der Waals surface area contributed by atoms with E-state index in [9.17, 15) is 22.3 Å². The molecule has 1 aromatic rings. The van der Waals surface area contributed by atoms with E-state index in [1.807, 2.05) is 0 Å². The summed E-state index contributed by atoms with van der Waals surface area (Å²) < 4.78 is 53.5. The molecule has 0 aliphatic carbocycles. The molecule has 2 heterocycles. The van der Waals surface area contributed by atoms with E-state index in [4.69, 9.17) is 0 Å². The van der Waals surface area contributed by atoms with Crippen LogP contribution in [0.4, 0.5) is 8.78 Å². The molecule has 2 fully saturated rings. The van der Waals surface area contributed by atoms with Gasteiger partial charge in [0.2, 0.25) is 10.0 Å². The standard InChI is InChI=1S/C15H20F2N2O3S/c1-11-4-2-3-5-14(11)23(21,22)18-7-13(8-18)19-10-15(16,17)6-12(19)9-20/h2-5,12-13,20H,6-10H2,1H3/t12-/m0/s1. The quantitative estimate of drug-likeness (QED) is 0.886. The van der Waals surface area contributed by atoms with E-state index in [0.717, 1.165) is 0 Å². The summed E-state index contributed by atoms with van der Waals surface area (Å²) in [6.07, 6.45) is -0.370. The first kappa shape index (κ1) is 16.8. The van der Waals surface area contributed by atoms with Crippen LogP contribution >= 0.6 is 0 Å². The van der Waals surface area contributed by atoms with Crippen molar-refractivity contribution in [1.82, 2.24) is 9.21 Å². The number of hydrogen-bond donors (Lipinski definition) is 1. The highest BCUT2D eigenvalue weighted by Crippen LogP contribution is 2.36. The SMILES string of the molecule is Cc1ccccc1S(=O)(=O)N1CC(N2CC(F)(F)C[C@H]2CO)C1. The van der Waals surface area contributed by atoms with Crippen molar-refractivity contribution in [3.8, 4) is 0 Å². The second-order valence-electron chi connectivity index (χ2n) is 6.31. The van der Waals surface area contributed by atoms with Crippen LogP contribution in [0.5, 0.6) is 0 Å². The fourth-order valence-electron chi connectivity index (χ4n) is 3.33. The van der Waals surface area contributed by atoms with Gasteiger partial charge in [-0.1, -0.05) is 18.2 Å². The van der Waals surface area contributed by atoms with Crippen LogP contribution in [0.25, 0.3) is 0 Å². The normalized spacial score (nSPS) is 26.3. The maximum Gasteiger partial charge on any atom is 0.262 e. The number of aryl methyl sites for hydroxylation is 1. The summed E-state index contributed by atoms with van der Waals surface area (Å²) in [5, 5.41) is 9.27. The molecule has 1 aromatic carbocycles. The van der Waals surface area contributed by atoms with Crippen LogP contribution < -0.4 is 0 Å². The number of sulfonamides is 1. The highest BCUT2D eigenvalue weighted by atomic mass is 32.2. The summed E-state index contributed by atoms with van der Waals surface area (Å²) in [5.41, 5.74) is 0.664. The topological polar surface area (TPSA) is 60.9 Å². The average molecular weight is 346 g/mol. The van der Waals surface area contributed by atoms with Crippen LogP contribution in [-0.4, -0.2) is 67.0 Å². The smallest absolute Gasteiger partial charge is 0.262 e. The summed E-state index contributed by atoms with van der Waals surface area (Å²) in [6, 6.07) is 5.86. The molecule has 128 valence electrons. The summed E-state index contributed by atoms with van der Waals surface area (Å²) in [4.78, 5) is 1.80. The molecule has 5 nitrogen and oxygen atoms in total. The molecule has 2 aliphatic heterocycles. The first-order valence-electron chi connectivity index (χ1n) is 7.55. The van der Waals surface area contributed by atoms with Crippen LogP contribution in [0.1, 0.15) is 12.0 Å². The van der Waals surface area contributed by atoms with E-state index in [-0.39, 0.29) is 37.1 Å². The Bertz CT molecular complexity index is 690. The molecule has 1 N–H and O–H groups in total.